The fraction of sp³-hybridized carbons (Fsp3) is 0.469. The maximum absolute atomic E-state index is 9.50. The Hall–Kier alpha value is -3.07. The number of nitriles is 1. The lowest BCUT2D eigenvalue weighted by Crippen LogP contribution is -2.45. The van der Waals surface area contributed by atoms with Gasteiger partial charge in [0.2, 0.25) is 0 Å². The highest BCUT2D eigenvalue weighted by molar-refractivity contribution is 5.47. The minimum Gasteiger partial charge on any atom is -0.492 e. The van der Waals surface area contributed by atoms with E-state index in [4.69, 9.17) is 4.74 Å². The summed E-state index contributed by atoms with van der Waals surface area (Å²) in [6.07, 6.45) is 5.99. The number of nitrogens with zero attached hydrogens (tertiary/aromatic N) is 3. The van der Waals surface area contributed by atoms with E-state index in [1.807, 2.05) is 19.3 Å². The van der Waals surface area contributed by atoms with Gasteiger partial charge in [0, 0.05) is 25.0 Å². The van der Waals surface area contributed by atoms with Gasteiger partial charge < -0.3 is 15.0 Å². The van der Waals surface area contributed by atoms with Gasteiger partial charge >= 0.3 is 0 Å². The Balaban J connectivity index is 1.37. The zero-order valence-corrected chi connectivity index (χ0v) is 22.9. The van der Waals surface area contributed by atoms with Crippen LogP contribution >= 0.6 is 0 Å². The van der Waals surface area contributed by atoms with Crippen molar-refractivity contribution in [1.29, 1.82) is 5.26 Å². The van der Waals surface area contributed by atoms with Crippen molar-refractivity contribution in [2.75, 3.05) is 46.4 Å². The van der Waals surface area contributed by atoms with Crippen LogP contribution in [0.25, 0.3) is 0 Å². The van der Waals surface area contributed by atoms with Gasteiger partial charge in [0.15, 0.2) is 0 Å². The molecular weight excluding hydrogens is 456 g/mol. The summed E-state index contributed by atoms with van der Waals surface area (Å²) >= 11 is 0. The highest BCUT2D eigenvalue weighted by Crippen LogP contribution is 2.43. The second-order valence-electron chi connectivity index (χ2n) is 10.5. The predicted octanol–water partition coefficient (Wildman–Crippen LogP) is 5.37. The van der Waals surface area contributed by atoms with Crippen molar-refractivity contribution in [1.82, 2.24) is 15.1 Å². The molecule has 0 saturated carbocycles. The summed E-state index contributed by atoms with van der Waals surface area (Å²) in [7, 11) is 2.00. The summed E-state index contributed by atoms with van der Waals surface area (Å²) in [6.45, 7) is 18.2. The van der Waals surface area contributed by atoms with Crippen LogP contribution in [-0.4, -0.2) is 56.2 Å². The molecule has 4 rings (SSSR count). The van der Waals surface area contributed by atoms with E-state index in [1.54, 1.807) is 0 Å². The average molecular weight is 499 g/mol. The molecule has 0 aromatic heterocycles. The highest BCUT2D eigenvalue weighted by Gasteiger charge is 2.38. The predicted molar refractivity (Wildman–Crippen MR) is 152 cm³/mol. The molecule has 1 N–H and O–H groups in total. The first-order valence-corrected chi connectivity index (χ1v) is 13.7. The quantitative estimate of drug-likeness (QED) is 0.446. The molecule has 1 atom stereocenters. The van der Waals surface area contributed by atoms with Crippen LogP contribution in [0.3, 0.4) is 0 Å². The molecule has 0 bridgehead atoms. The van der Waals surface area contributed by atoms with Crippen LogP contribution in [0.15, 0.2) is 61.3 Å². The van der Waals surface area contributed by atoms with E-state index in [9.17, 15) is 5.26 Å². The molecule has 1 unspecified atom stereocenters. The Labute approximate surface area is 223 Å². The average Bonchev–Trinajstić information content (AvgIpc) is 2.93. The van der Waals surface area contributed by atoms with E-state index < -0.39 is 0 Å². The van der Waals surface area contributed by atoms with E-state index in [-0.39, 0.29) is 5.41 Å². The van der Waals surface area contributed by atoms with Gasteiger partial charge in [-0.05, 0) is 105 Å². The normalized spacial score (nSPS) is 19.1. The van der Waals surface area contributed by atoms with E-state index in [0.29, 0.717) is 12.6 Å². The first-order chi connectivity index (χ1) is 17.9. The van der Waals surface area contributed by atoms with Crippen LogP contribution < -0.4 is 10.1 Å². The fourth-order valence-electron chi connectivity index (χ4n) is 6.21. The molecule has 0 radical (unpaired) electrons. The Morgan fingerprint density at radius 1 is 1.22 bits per heavy atom. The number of piperidine rings is 1. The van der Waals surface area contributed by atoms with E-state index in [1.165, 1.54) is 27.8 Å². The molecule has 1 fully saturated rings. The van der Waals surface area contributed by atoms with Crippen LogP contribution in [-0.2, 0) is 18.3 Å². The minimum absolute atomic E-state index is 0.0583. The molecule has 2 aliphatic heterocycles. The van der Waals surface area contributed by atoms with Crippen LogP contribution in [0.5, 0.6) is 5.75 Å². The third-order valence-corrected chi connectivity index (χ3v) is 8.48. The van der Waals surface area contributed by atoms with Crippen molar-refractivity contribution >= 4 is 0 Å². The molecule has 196 valence electrons. The number of ether oxygens (including phenoxy) is 1. The molecular formula is C32H42N4O. The Morgan fingerprint density at radius 2 is 2.00 bits per heavy atom. The number of hydrogen-bond acceptors (Lipinski definition) is 5. The van der Waals surface area contributed by atoms with Crippen molar-refractivity contribution in [2.45, 2.75) is 51.0 Å². The first kappa shape index (κ1) is 27.0. The van der Waals surface area contributed by atoms with Crippen molar-refractivity contribution in [3.8, 4) is 11.8 Å². The van der Waals surface area contributed by atoms with Gasteiger partial charge in [-0.25, -0.2) is 0 Å². The number of likely N-dealkylation sites (tertiary alicyclic amines) is 1. The number of benzene rings is 2. The second-order valence-corrected chi connectivity index (χ2v) is 10.5. The monoisotopic (exact) mass is 498 g/mol. The lowest BCUT2D eigenvalue weighted by molar-refractivity contribution is 0.149. The molecule has 0 aliphatic carbocycles. The molecule has 5 nitrogen and oxygen atoms in total. The van der Waals surface area contributed by atoms with Crippen molar-refractivity contribution < 1.29 is 4.74 Å². The molecule has 2 aromatic carbocycles. The Bertz CT molecular complexity index is 1160. The van der Waals surface area contributed by atoms with Crippen LogP contribution in [0.2, 0.25) is 0 Å². The molecule has 37 heavy (non-hydrogen) atoms. The smallest absolute Gasteiger partial charge is 0.119 e. The fourth-order valence-corrected chi connectivity index (χ4v) is 6.21. The Morgan fingerprint density at radius 3 is 2.65 bits per heavy atom. The van der Waals surface area contributed by atoms with Gasteiger partial charge in [0.1, 0.15) is 12.4 Å². The number of nitrogens with one attached hydrogen (secondary N) is 1. The molecule has 2 aromatic rings. The minimum atomic E-state index is -0.0583. The number of hydrogen-bond donors (Lipinski definition) is 1. The first-order valence-electron chi connectivity index (χ1n) is 13.7. The van der Waals surface area contributed by atoms with E-state index in [0.717, 1.165) is 69.7 Å². The summed E-state index contributed by atoms with van der Waals surface area (Å²) < 4.78 is 6.23. The van der Waals surface area contributed by atoms with E-state index in [2.05, 4.69) is 78.5 Å². The number of likely N-dealkylation sites (N-methyl/N-ethyl adjacent to an activating group) is 1. The van der Waals surface area contributed by atoms with Gasteiger partial charge in [0.05, 0.1) is 17.7 Å². The van der Waals surface area contributed by atoms with Crippen LogP contribution in [0, 0.1) is 11.3 Å². The van der Waals surface area contributed by atoms with Crippen molar-refractivity contribution in [3.63, 3.8) is 0 Å². The number of aryl methyl sites for hydroxylation is 1. The lowest BCUT2D eigenvalue weighted by atomic mass is 9.66. The molecule has 0 spiro atoms. The topological polar surface area (TPSA) is 51.5 Å². The number of allylic oxidation sites excluding steroid dienone is 1. The maximum atomic E-state index is 9.50. The van der Waals surface area contributed by atoms with Gasteiger partial charge in [0.25, 0.3) is 0 Å². The maximum Gasteiger partial charge on any atom is 0.119 e. The zero-order chi connectivity index (χ0) is 26.4. The van der Waals surface area contributed by atoms with Crippen molar-refractivity contribution in [2.24, 2.45) is 0 Å². The van der Waals surface area contributed by atoms with Gasteiger partial charge in [-0.2, -0.15) is 5.26 Å². The molecule has 5 heteroatoms. The van der Waals surface area contributed by atoms with Crippen LogP contribution in [0.4, 0.5) is 0 Å². The summed E-state index contributed by atoms with van der Waals surface area (Å²) in [4.78, 5) is 4.82. The SMILES string of the molecule is C=CN1CCc2cc(OCCN3CCC(C(=C)C)(c4cc(C#N)ccc4CC)CC3)ccc2C1CNC. The third kappa shape index (κ3) is 5.61. The summed E-state index contributed by atoms with van der Waals surface area (Å²) in [6, 6.07) is 15.4. The van der Waals surface area contributed by atoms with Crippen LogP contribution in [0.1, 0.15) is 60.5 Å². The largest absolute Gasteiger partial charge is 0.492 e. The Kier molecular flexibility index (Phi) is 8.74. The lowest BCUT2D eigenvalue weighted by Gasteiger charge is -2.44. The molecule has 0 amide bonds. The standard InChI is InChI=1S/C32H42N4O/c1-6-26-9-8-25(22-33)20-30(26)32(24(3)4)13-16-35(17-14-32)18-19-37-28-10-11-29-27(21-28)12-15-36(7-2)31(29)23-34-5/h7-11,20-21,31,34H,2-3,6,12-19,23H2,1,4-5H3. The zero-order valence-electron chi connectivity index (χ0n) is 22.9. The second kappa shape index (κ2) is 12.0. The number of fused-ring (bicyclic) bond motifs is 1. The van der Waals surface area contributed by atoms with Gasteiger partial charge in [-0.15, -0.1) is 0 Å². The van der Waals surface area contributed by atoms with Crippen molar-refractivity contribution in [3.05, 3.63) is 89.1 Å². The summed E-state index contributed by atoms with van der Waals surface area (Å²) in [5, 5.41) is 12.8. The van der Waals surface area contributed by atoms with Gasteiger partial charge in [-0.1, -0.05) is 37.8 Å². The molecule has 2 aliphatic rings. The number of rotatable bonds is 10. The third-order valence-electron chi connectivity index (χ3n) is 8.48. The molecule has 2 heterocycles. The summed E-state index contributed by atoms with van der Waals surface area (Å²) in [5.41, 5.74) is 7.27. The highest BCUT2D eigenvalue weighted by atomic mass is 16.5. The summed E-state index contributed by atoms with van der Waals surface area (Å²) in [5.74, 6) is 0.961. The van der Waals surface area contributed by atoms with Gasteiger partial charge in [-0.3, -0.25) is 4.90 Å². The molecule has 1 saturated heterocycles. The van der Waals surface area contributed by atoms with E-state index >= 15 is 0 Å².